The highest BCUT2D eigenvalue weighted by Gasteiger charge is 2.62. The fourth-order valence-electron chi connectivity index (χ4n) is 7.50. The molecule has 1 unspecified atom stereocenters. The summed E-state index contributed by atoms with van der Waals surface area (Å²) in [6, 6.07) is -1.00. The van der Waals surface area contributed by atoms with Crippen molar-refractivity contribution in [2.45, 2.75) is 78.9 Å². The van der Waals surface area contributed by atoms with Gasteiger partial charge in [-0.2, -0.15) is 0 Å². The number of hydrogen-bond acceptors (Lipinski definition) is 16. The summed E-state index contributed by atoms with van der Waals surface area (Å²) in [6.07, 6.45) is -6.67. The second-order valence-electron chi connectivity index (χ2n) is 13.3. The zero-order valence-corrected chi connectivity index (χ0v) is 27.4. The zero-order valence-electron chi connectivity index (χ0n) is 26.5. The number of thioether (sulfide) groups is 1. The van der Waals surface area contributed by atoms with Gasteiger partial charge in [0.15, 0.2) is 6.29 Å². The lowest BCUT2D eigenvalue weighted by Gasteiger charge is -2.47. The van der Waals surface area contributed by atoms with Crippen molar-refractivity contribution in [3.8, 4) is 0 Å². The first-order valence-electron chi connectivity index (χ1n) is 16.4. The molecule has 6 fully saturated rings. The van der Waals surface area contributed by atoms with Crippen molar-refractivity contribution in [2.75, 3.05) is 84.4 Å². The Morgan fingerprint density at radius 2 is 1.53 bits per heavy atom. The van der Waals surface area contributed by atoms with Crippen LogP contribution in [0.25, 0.3) is 0 Å². The van der Waals surface area contributed by atoms with Crippen molar-refractivity contribution in [3.63, 3.8) is 0 Å². The monoisotopic (exact) mass is 688 g/mol. The molecular formula is C29H48N6O11S. The van der Waals surface area contributed by atoms with E-state index in [1.165, 1.54) is 6.92 Å². The number of piperazine rings is 2. The van der Waals surface area contributed by atoms with E-state index in [-0.39, 0.29) is 44.3 Å². The number of aliphatic hydroxyl groups excluding tert-OH is 4. The van der Waals surface area contributed by atoms with Crippen LogP contribution < -0.4 is 21.3 Å². The highest BCUT2D eigenvalue weighted by atomic mass is 32.2. The Morgan fingerprint density at radius 3 is 2.19 bits per heavy atom. The van der Waals surface area contributed by atoms with Gasteiger partial charge in [0.2, 0.25) is 17.6 Å². The van der Waals surface area contributed by atoms with Gasteiger partial charge in [-0.15, -0.1) is 11.8 Å². The molecule has 11 atom stereocenters. The Bertz CT molecular complexity index is 1150. The highest BCUT2D eigenvalue weighted by molar-refractivity contribution is 8.01. The van der Waals surface area contributed by atoms with Crippen LogP contribution in [-0.4, -0.2) is 198 Å². The number of amides is 2. The Labute approximate surface area is 277 Å². The number of ether oxygens (including phenoxy) is 4. The smallest absolute Gasteiger partial charge is 0.233 e. The first-order valence-corrected chi connectivity index (χ1v) is 17.5. The number of rotatable bonds is 12. The predicted octanol–water partition coefficient (Wildman–Crippen LogP) is -5.46. The molecule has 0 aromatic rings. The largest absolute Gasteiger partial charge is 0.388 e. The summed E-state index contributed by atoms with van der Waals surface area (Å²) < 4.78 is 23.9. The van der Waals surface area contributed by atoms with Crippen LogP contribution in [0.15, 0.2) is 0 Å². The zero-order chi connectivity index (χ0) is 33.3. The quantitative estimate of drug-likeness (QED) is 0.0958. The second kappa shape index (κ2) is 14.8. The van der Waals surface area contributed by atoms with Crippen LogP contribution in [0.3, 0.4) is 0 Å². The minimum Gasteiger partial charge on any atom is -0.388 e. The van der Waals surface area contributed by atoms with Crippen LogP contribution in [0.2, 0.25) is 0 Å². The second-order valence-corrected chi connectivity index (χ2v) is 14.5. The molecule has 18 heteroatoms. The van der Waals surface area contributed by atoms with Crippen molar-refractivity contribution in [1.82, 2.24) is 31.1 Å². The molecule has 2 amide bonds. The summed E-state index contributed by atoms with van der Waals surface area (Å²) in [7, 11) is 0. The van der Waals surface area contributed by atoms with Gasteiger partial charge < -0.3 is 60.6 Å². The van der Waals surface area contributed by atoms with Gasteiger partial charge >= 0.3 is 0 Å². The molecule has 0 radical (unpaired) electrons. The number of nitrogens with zero attached hydrogens (tertiary/aromatic N) is 2. The number of carbonyl (C=O) groups excluding carboxylic acids is 3. The van der Waals surface area contributed by atoms with E-state index in [1.807, 2.05) is 4.90 Å². The number of ketones is 1. The fourth-order valence-corrected chi connectivity index (χ4v) is 8.43. The molecule has 8 N–H and O–H groups in total. The Hall–Kier alpha value is -1.52. The third-order valence-corrected chi connectivity index (χ3v) is 11.4. The molecule has 17 nitrogen and oxygen atoms in total. The van der Waals surface area contributed by atoms with Crippen molar-refractivity contribution in [1.29, 1.82) is 0 Å². The molecule has 0 aliphatic carbocycles. The van der Waals surface area contributed by atoms with Crippen LogP contribution in [0.1, 0.15) is 13.3 Å². The standard InChI is InChI=1S/C29H48N6O11S/c1-16(36)12-47-18(26(42)33-13-28-15-43-27(46-28)21(23(39)24(28)40)35-8-4-31-5-9-35)10-19(37)32-14-29-25(41)22(38)20(17(45-29)11-44-29)34-6-2-30-3-7-34/h17-18,20-25,27,30-31,38-41H,2-15H2,1H3,(H,32,37)(H,33,42)/t17-,18?,20-,21+,22-,23-,24-,25-,27+,28+,29-/m1/s1. The Morgan fingerprint density at radius 1 is 0.894 bits per heavy atom. The van der Waals surface area contributed by atoms with Crippen LogP contribution >= 0.6 is 11.8 Å². The molecule has 266 valence electrons. The van der Waals surface area contributed by atoms with Gasteiger partial charge in [0.25, 0.3) is 0 Å². The van der Waals surface area contributed by atoms with Crippen LogP contribution in [0.4, 0.5) is 0 Å². The number of nitrogens with one attached hydrogen (secondary N) is 4. The normalized spacial score (nSPS) is 41.4. The lowest BCUT2D eigenvalue weighted by atomic mass is 9.87. The maximum absolute atomic E-state index is 13.4. The highest BCUT2D eigenvalue weighted by Crippen LogP contribution is 2.40. The number of carbonyl (C=O) groups is 3. The molecule has 47 heavy (non-hydrogen) atoms. The van der Waals surface area contributed by atoms with E-state index in [2.05, 4.69) is 26.2 Å². The molecule has 0 saturated carbocycles. The maximum Gasteiger partial charge on any atom is 0.233 e. The summed E-state index contributed by atoms with van der Waals surface area (Å²) in [4.78, 5) is 42.4. The molecule has 6 rings (SSSR count). The molecule has 6 heterocycles. The third kappa shape index (κ3) is 7.21. The minimum atomic E-state index is -1.63. The molecule has 6 aliphatic rings. The van der Waals surface area contributed by atoms with Crippen LogP contribution in [0, 0.1) is 0 Å². The average molecular weight is 689 g/mol. The molecular weight excluding hydrogens is 640 g/mol. The molecule has 6 aliphatic heterocycles. The van der Waals surface area contributed by atoms with Crippen molar-refractivity contribution in [2.24, 2.45) is 0 Å². The van der Waals surface area contributed by atoms with Crippen LogP contribution in [0.5, 0.6) is 0 Å². The van der Waals surface area contributed by atoms with E-state index in [9.17, 15) is 34.8 Å². The van der Waals surface area contributed by atoms with Gasteiger partial charge in [0, 0.05) is 58.8 Å². The Balaban J connectivity index is 1.04. The van der Waals surface area contributed by atoms with Gasteiger partial charge in [-0.1, -0.05) is 0 Å². The fraction of sp³-hybridized carbons (Fsp3) is 0.897. The van der Waals surface area contributed by atoms with E-state index in [0.29, 0.717) is 26.2 Å². The molecule has 0 aromatic heterocycles. The van der Waals surface area contributed by atoms with Gasteiger partial charge in [0.1, 0.15) is 41.9 Å². The van der Waals surface area contributed by atoms with E-state index in [4.69, 9.17) is 18.9 Å². The van der Waals surface area contributed by atoms with E-state index in [0.717, 1.165) is 37.9 Å². The molecule has 0 aromatic carbocycles. The summed E-state index contributed by atoms with van der Waals surface area (Å²) in [5.41, 5.74) is -1.38. The van der Waals surface area contributed by atoms with Gasteiger partial charge in [-0.05, 0) is 6.92 Å². The average Bonchev–Trinajstić information content (AvgIpc) is 3.66. The molecule has 6 saturated heterocycles. The van der Waals surface area contributed by atoms with E-state index < -0.39 is 77.3 Å². The van der Waals surface area contributed by atoms with E-state index in [1.54, 1.807) is 0 Å². The summed E-state index contributed by atoms with van der Waals surface area (Å²) in [5.74, 6) is -2.93. The third-order valence-electron chi connectivity index (χ3n) is 10.1. The lowest BCUT2D eigenvalue weighted by Crippen LogP contribution is -2.69. The van der Waals surface area contributed by atoms with Gasteiger partial charge in [-0.25, -0.2) is 0 Å². The first-order chi connectivity index (χ1) is 22.5. The summed E-state index contributed by atoms with van der Waals surface area (Å²) in [6.45, 7) is 6.74. The van der Waals surface area contributed by atoms with Gasteiger partial charge in [-0.3, -0.25) is 24.2 Å². The molecule has 0 spiro atoms. The maximum atomic E-state index is 13.4. The SMILES string of the molecule is CC(=O)CSC(CC(=O)NC[C@@]12OC[C@@H](O1)[C@@H](N1CCNCC1)[C@@H](O)[C@H]2O)C(=O)NC[C@@]12CO[C@@H](O1)[C@@H](N1CCNCC1)[C@@H](O)[C@H]2O. The predicted molar refractivity (Wildman–Crippen MR) is 165 cm³/mol. The molecule has 4 bridgehead atoms. The Kier molecular flexibility index (Phi) is 11.1. The summed E-state index contributed by atoms with van der Waals surface area (Å²) in [5, 5.41) is 55.2. The number of aliphatic hydroxyl groups is 4. The van der Waals surface area contributed by atoms with Crippen LogP contribution in [-0.2, 0) is 33.3 Å². The minimum absolute atomic E-state index is 0.0118. The van der Waals surface area contributed by atoms with Crippen molar-refractivity contribution in [3.05, 3.63) is 0 Å². The van der Waals surface area contributed by atoms with Crippen molar-refractivity contribution >= 4 is 29.4 Å². The topological polar surface area (TPSA) is 224 Å². The summed E-state index contributed by atoms with van der Waals surface area (Å²) >= 11 is 1.00. The number of fused-ring (bicyclic) bond motifs is 4. The van der Waals surface area contributed by atoms with E-state index >= 15 is 0 Å². The lowest BCUT2D eigenvalue weighted by molar-refractivity contribution is -0.283. The number of hydrogen-bond donors (Lipinski definition) is 8. The number of Topliss-reactive ketones (excluding diaryl/α,β-unsaturated/α-hetero) is 1. The van der Waals surface area contributed by atoms with Crippen molar-refractivity contribution < 1.29 is 53.8 Å². The van der Waals surface area contributed by atoms with Gasteiger partial charge in [0.05, 0.1) is 49.4 Å². The first kappa shape index (κ1) is 35.3.